The fraction of sp³-hybridized carbons (Fsp3) is 0.591. The number of rotatable bonds is 3. The summed E-state index contributed by atoms with van der Waals surface area (Å²) >= 11 is 5.37. The van der Waals surface area contributed by atoms with E-state index < -0.39 is 0 Å². The Morgan fingerprint density at radius 3 is 2.04 bits per heavy atom. The van der Waals surface area contributed by atoms with Crippen molar-refractivity contribution in [3.05, 3.63) is 34.9 Å². The first-order chi connectivity index (χ1) is 12.4. The number of nitrogens with zero attached hydrogens (tertiary/aromatic N) is 2. The molecule has 5 heteroatoms. The summed E-state index contributed by atoms with van der Waals surface area (Å²) in [6.07, 6.45) is 7.98. The fourth-order valence-corrected chi connectivity index (χ4v) is 4.02. The molecule has 1 fully saturated rings. The van der Waals surface area contributed by atoms with Gasteiger partial charge in [-0.05, 0) is 60.9 Å². The van der Waals surface area contributed by atoms with E-state index in [1.807, 2.05) is 19.9 Å². The van der Waals surface area contributed by atoms with Gasteiger partial charge in [-0.2, -0.15) is 0 Å². The highest BCUT2D eigenvalue weighted by Crippen LogP contribution is 2.41. The number of allylic oxidation sites excluding steroid dienone is 5. The van der Waals surface area contributed by atoms with Crippen molar-refractivity contribution in [3.63, 3.8) is 0 Å². The molecular formula is C22H32N2O2S. The second-order valence-corrected chi connectivity index (χ2v) is 9.58. The molecule has 0 spiro atoms. The third-order valence-corrected chi connectivity index (χ3v) is 5.28. The van der Waals surface area contributed by atoms with Crippen LogP contribution in [0.25, 0.3) is 0 Å². The Labute approximate surface area is 169 Å². The average Bonchev–Trinajstić information content (AvgIpc) is 2.51. The van der Waals surface area contributed by atoms with Crippen LogP contribution in [0, 0.1) is 10.8 Å². The predicted molar refractivity (Wildman–Crippen MR) is 114 cm³/mol. The van der Waals surface area contributed by atoms with Crippen molar-refractivity contribution in [3.8, 4) is 0 Å². The zero-order valence-corrected chi connectivity index (χ0v) is 18.5. The summed E-state index contributed by atoms with van der Waals surface area (Å²) in [6.45, 7) is 15.5. The van der Waals surface area contributed by atoms with Gasteiger partial charge in [-0.25, -0.2) is 0 Å². The van der Waals surface area contributed by atoms with Crippen molar-refractivity contribution < 1.29 is 9.59 Å². The summed E-state index contributed by atoms with van der Waals surface area (Å²) in [5.74, 6) is -0.527. The number of hydrogen-bond acceptors (Lipinski definition) is 3. The van der Waals surface area contributed by atoms with E-state index in [-0.39, 0.29) is 28.2 Å². The summed E-state index contributed by atoms with van der Waals surface area (Å²) in [6, 6.07) is 0. The number of hydrogen-bond donors (Lipinski definition) is 0. The van der Waals surface area contributed by atoms with Gasteiger partial charge in [-0.1, -0.05) is 52.8 Å². The average molecular weight is 389 g/mol. The largest absolute Gasteiger partial charge is 0.285 e. The van der Waals surface area contributed by atoms with Crippen molar-refractivity contribution in [1.82, 2.24) is 9.80 Å². The highest BCUT2D eigenvalue weighted by atomic mass is 32.1. The van der Waals surface area contributed by atoms with Gasteiger partial charge in [0.15, 0.2) is 5.11 Å². The molecule has 1 aliphatic heterocycles. The molecule has 0 unspecified atom stereocenters. The normalized spacial score (nSPS) is 21.4. The molecule has 148 valence electrons. The van der Waals surface area contributed by atoms with E-state index in [0.29, 0.717) is 24.6 Å². The Balaban J connectivity index is 2.59. The summed E-state index contributed by atoms with van der Waals surface area (Å²) in [5.41, 5.74) is 2.33. The van der Waals surface area contributed by atoms with E-state index in [4.69, 9.17) is 12.2 Å². The molecule has 1 heterocycles. The van der Waals surface area contributed by atoms with Crippen molar-refractivity contribution in [1.29, 1.82) is 0 Å². The standard InChI is InChI=1S/C22H32N2O2S/c1-8-23-18(25)17(19(26)24(9-2)20(23)27)16-12-15(10-11-21(3,4)5)13-22(6,7)14-16/h10-12H,8-9,13-14H2,1-7H3/b11-10+. The van der Waals surface area contributed by atoms with Gasteiger partial charge < -0.3 is 0 Å². The highest BCUT2D eigenvalue weighted by molar-refractivity contribution is 7.80. The van der Waals surface area contributed by atoms with Gasteiger partial charge in [-0.15, -0.1) is 0 Å². The number of thiocarbonyl (C=S) groups is 1. The fourth-order valence-electron chi connectivity index (χ4n) is 3.59. The lowest BCUT2D eigenvalue weighted by Gasteiger charge is -2.38. The molecule has 2 amide bonds. The lowest BCUT2D eigenvalue weighted by atomic mass is 9.73. The first kappa shape index (κ1) is 21.5. The summed E-state index contributed by atoms with van der Waals surface area (Å²) in [4.78, 5) is 29.2. The van der Waals surface area contributed by atoms with Gasteiger partial charge in [0.05, 0.1) is 0 Å². The Morgan fingerprint density at radius 2 is 1.59 bits per heavy atom. The van der Waals surface area contributed by atoms with Crippen LogP contribution in [0.15, 0.2) is 34.9 Å². The lowest BCUT2D eigenvalue weighted by Crippen LogP contribution is -2.56. The van der Waals surface area contributed by atoms with Crippen LogP contribution < -0.4 is 0 Å². The van der Waals surface area contributed by atoms with Crippen molar-refractivity contribution in [2.24, 2.45) is 10.8 Å². The topological polar surface area (TPSA) is 40.6 Å². The monoisotopic (exact) mass is 388 g/mol. The Morgan fingerprint density at radius 1 is 1.07 bits per heavy atom. The van der Waals surface area contributed by atoms with E-state index in [0.717, 1.165) is 17.6 Å². The zero-order valence-electron chi connectivity index (χ0n) is 17.7. The Bertz CT molecular complexity index is 723. The maximum absolute atomic E-state index is 13.1. The van der Waals surface area contributed by atoms with Crippen molar-refractivity contribution in [2.45, 2.75) is 61.3 Å². The molecule has 0 aromatic rings. The zero-order chi connectivity index (χ0) is 20.6. The third-order valence-electron chi connectivity index (χ3n) is 4.84. The summed E-state index contributed by atoms with van der Waals surface area (Å²) < 4.78 is 0. The molecule has 1 aliphatic carbocycles. The van der Waals surface area contributed by atoms with Crippen LogP contribution in [0.4, 0.5) is 0 Å². The smallest absolute Gasteiger partial charge is 0.265 e. The number of carbonyl (C=O) groups excluding carboxylic acids is 2. The highest BCUT2D eigenvalue weighted by Gasteiger charge is 2.41. The number of likely N-dealkylation sites (N-methyl/N-ethyl adjacent to an activating group) is 2. The van der Waals surface area contributed by atoms with Crippen molar-refractivity contribution >= 4 is 29.1 Å². The van der Waals surface area contributed by atoms with Crippen LogP contribution in [0.1, 0.15) is 61.3 Å². The van der Waals surface area contributed by atoms with Gasteiger partial charge >= 0.3 is 0 Å². The van der Waals surface area contributed by atoms with Gasteiger partial charge in [0.2, 0.25) is 0 Å². The molecule has 0 aromatic carbocycles. The Hall–Kier alpha value is -1.75. The minimum Gasteiger partial charge on any atom is -0.285 e. The van der Waals surface area contributed by atoms with Gasteiger partial charge in [-0.3, -0.25) is 19.4 Å². The molecule has 2 rings (SSSR count). The second-order valence-electron chi connectivity index (χ2n) is 9.22. The van der Waals surface area contributed by atoms with Crippen LogP contribution in [0.3, 0.4) is 0 Å². The molecule has 2 aliphatic rings. The SMILES string of the molecule is CCN1C(=O)C(=C2C=C(/C=C/C(C)(C)C)CC(C)(C)C2)C(=O)N(CC)C1=S. The van der Waals surface area contributed by atoms with Crippen molar-refractivity contribution in [2.75, 3.05) is 13.1 Å². The molecule has 1 saturated heterocycles. The van der Waals surface area contributed by atoms with E-state index in [1.165, 1.54) is 9.80 Å². The first-order valence-electron chi connectivity index (χ1n) is 9.71. The molecule has 0 bridgehead atoms. The quantitative estimate of drug-likeness (QED) is 0.402. The van der Waals surface area contributed by atoms with Crippen LogP contribution in [-0.2, 0) is 9.59 Å². The summed E-state index contributed by atoms with van der Waals surface area (Å²) in [7, 11) is 0. The second kappa shape index (κ2) is 7.70. The molecule has 0 radical (unpaired) electrons. The molecule has 27 heavy (non-hydrogen) atoms. The van der Waals surface area contributed by atoms with Crippen LogP contribution in [0.2, 0.25) is 0 Å². The predicted octanol–water partition coefficient (Wildman–Crippen LogP) is 4.63. The third kappa shape index (κ3) is 4.75. The molecule has 0 saturated carbocycles. The first-order valence-corrected chi connectivity index (χ1v) is 10.1. The number of carbonyl (C=O) groups is 2. The maximum atomic E-state index is 13.1. The molecular weight excluding hydrogens is 356 g/mol. The minimum absolute atomic E-state index is 0.0127. The summed E-state index contributed by atoms with van der Waals surface area (Å²) in [5, 5.41) is 0.311. The lowest BCUT2D eigenvalue weighted by molar-refractivity contribution is -0.133. The van der Waals surface area contributed by atoms with Crippen LogP contribution in [0.5, 0.6) is 0 Å². The van der Waals surface area contributed by atoms with E-state index in [1.54, 1.807) is 0 Å². The maximum Gasteiger partial charge on any atom is 0.265 e. The van der Waals surface area contributed by atoms with Gasteiger partial charge in [0, 0.05) is 13.1 Å². The van der Waals surface area contributed by atoms with Gasteiger partial charge in [0.25, 0.3) is 11.8 Å². The van der Waals surface area contributed by atoms with Crippen LogP contribution >= 0.6 is 12.2 Å². The Kier molecular flexibility index (Phi) is 6.15. The number of amides is 2. The van der Waals surface area contributed by atoms with E-state index >= 15 is 0 Å². The van der Waals surface area contributed by atoms with Crippen LogP contribution in [-0.4, -0.2) is 39.8 Å². The molecule has 0 atom stereocenters. The molecule has 4 nitrogen and oxygen atoms in total. The van der Waals surface area contributed by atoms with E-state index in [2.05, 4.69) is 46.8 Å². The van der Waals surface area contributed by atoms with Gasteiger partial charge in [0.1, 0.15) is 5.57 Å². The molecule has 0 aromatic heterocycles. The van der Waals surface area contributed by atoms with E-state index in [9.17, 15) is 9.59 Å². The molecule has 0 N–H and O–H groups in total. The minimum atomic E-state index is -0.264.